The van der Waals surface area contributed by atoms with Gasteiger partial charge in [-0.25, -0.2) is 0 Å². The third-order valence-electron chi connectivity index (χ3n) is 6.54. The highest BCUT2D eigenvalue weighted by Crippen LogP contribution is 2.31. The first-order valence-corrected chi connectivity index (χ1v) is 11.5. The van der Waals surface area contributed by atoms with Gasteiger partial charge in [-0.15, -0.1) is 0 Å². The number of piperidine rings is 1. The number of hydrogen-bond acceptors (Lipinski definition) is 5. The number of ether oxygens (including phenoxy) is 2. The van der Waals surface area contributed by atoms with Crippen LogP contribution in [0.5, 0.6) is 11.5 Å². The Hall–Kier alpha value is -2.05. The normalized spacial score (nSPS) is 24.2. The van der Waals surface area contributed by atoms with Crippen molar-refractivity contribution in [3.63, 3.8) is 0 Å². The van der Waals surface area contributed by atoms with E-state index in [-0.39, 0.29) is 12.0 Å². The fourth-order valence-corrected chi connectivity index (χ4v) is 4.60. The van der Waals surface area contributed by atoms with E-state index in [2.05, 4.69) is 11.4 Å². The van der Waals surface area contributed by atoms with Crippen LogP contribution in [-0.2, 0) is 4.79 Å². The van der Waals surface area contributed by atoms with E-state index in [1.807, 2.05) is 29.2 Å². The van der Waals surface area contributed by atoms with E-state index in [9.17, 15) is 9.90 Å². The molecule has 3 aliphatic rings. The number of aliphatic hydroxyl groups excluding tert-OH is 1. The fraction of sp³-hybridized carbons (Fsp3) is 0.625. The first kappa shape index (κ1) is 21.2. The summed E-state index contributed by atoms with van der Waals surface area (Å²) in [6.07, 6.45) is 11.1. The minimum atomic E-state index is -0.642. The summed E-state index contributed by atoms with van der Waals surface area (Å²) in [5.74, 6) is 2.14. The molecule has 2 fully saturated rings. The first-order chi connectivity index (χ1) is 14.7. The molecule has 1 aromatic rings. The Morgan fingerprint density at radius 3 is 2.63 bits per heavy atom. The monoisotopic (exact) mass is 414 g/mol. The van der Waals surface area contributed by atoms with E-state index in [1.54, 1.807) is 6.08 Å². The molecule has 4 rings (SSSR count). The minimum Gasteiger partial charge on any atom is -0.486 e. The smallest absolute Gasteiger partial charge is 0.246 e. The molecular weight excluding hydrogens is 380 g/mol. The molecule has 2 atom stereocenters. The number of nitrogens with zero attached hydrogens (tertiary/aromatic N) is 1. The van der Waals surface area contributed by atoms with Gasteiger partial charge in [0.2, 0.25) is 5.91 Å². The zero-order chi connectivity index (χ0) is 20.8. The zero-order valence-electron chi connectivity index (χ0n) is 17.7. The molecule has 0 radical (unpaired) electrons. The molecule has 1 saturated heterocycles. The van der Waals surface area contributed by atoms with Crippen LogP contribution in [0.2, 0.25) is 0 Å². The molecule has 1 saturated carbocycles. The van der Waals surface area contributed by atoms with Gasteiger partial charge in [-0.2, -0.15) is 0 Å². The largest absolute Gasteiger partial charge is 0.486 e. The number of fused-ring (bicyclic) bond motifs is 1. The standard InChI is InChI=1S/C24H34N2O4/c27-20(23-17-29-21-8-4-5-9-22(21)30-23)16-25-19-12-14-26(15-13-19)24(28)11-10-18-6-2-1-3-7-18/h4-5,8-11,18-20,23,25,27H,1-3,6-7,12-17H2. The molecule has 0 bridgehead atoms. The summed E-state index contributed by atoms with van der Waals surface area (Å²) in [5, 5.41) is 14.0. The van der Waals surface area contributed by atoms with Crippen LogP contribution in [0.25, 0.3) is 0 Å². The van der Waals surface area contributed by atoms with Crippen molar-refractivity contribution in [3.8, 4) is 11.5 Å². The van der Waals surface area contributed by atoms with Gasteiger partial charge in [-0.05, 0) is 49.8 Å². The van der Waals surface area contributed by atoms with E-state index in [1.165, 1.54) is 32.1 Å². The quantitative estimate of drug-likeness (QED) is 0.701. The second kappa shape index (κ2) is 10.3. The maximum atomic E-state index is 12.5. The molecule has 2 N–H and O–H groups in total. The van der Waals surface area contributed by atoms with Crippen molar-refractivity contribution in [2.75, 3.05) is 26.2 Å². The number of nitrogens with one attached hydrogen (secondary N) is 1. The van der Waals surface area contributed by atoms with Crippen LogP contribution in [0.1, 0.15) is 44.9 Å². The van der Waals surface area contributed by atoms with Gasteiger partial charge in [-0.3, -0.25) is 4.79 Å². The highest BCUT2D eigenvalue weighted by atomic mass is 16.6. The van der Waals surface area contributed by atoms with Gasteiger partial charge in [0, 0.05) is 25.7 Å². The van der Waals surface area contributed by atoms with Crippen molar-refractivity contribution >= 4 is 5.91 Å². The highest BCUT2D eigenvalue weighted by Gasteiger charge is 2.29. The second-order valence-corrected chi connectivity index (χ2v) is 8.75. The molecule has 0 spiro atoms. The van der Waals surface area contributed by atoms with E-state index >= 15 is 0 Å². The van der Waals surface area contributed by atoms with Gasteiger partial charge < -0.3 is 24.8 Å². The van der Waals surface area contributed by atoms with Crippen LogP contribution in [0.3, 0.4) is 0 Å². The average Bonchev–Trinajstić information content (AvgIpc) is 2.81. The number of benzene rings is 1. The number of rotatable bonds is 6. The third-order valence-corrected chi connectivity index (χ3v) is 6.54. The van der Waals surface area contributed by atoms with Crippen molar-refractivity contribution in [3.05, 3.63) is 36.4 Å². The molecule has 0 aromatic heterocycles. The Morgan fingerprint density at radius 1 is 1.13 bits per heavy atom. The fourth-order valence-electron chi connectivity index (χ4n) is 4.60. The highest BCUT2D eigenvalue weighted by molar-refractivity contribution is 5.87. The molecular formula is C24H34N2O4. The molecule has 6 nitrogen and oxygen atoms in total. The Balaban J connectivity index is 1.16. The van der Waals surface area contributed by atoms with Crippen LogP contribution in [-0.4, -0.2) is 60.4 Å². The summed E-state index contributed by atoms with van der Waals surface area (Å²) < 4.78 is 11.6. The van der Waals surface area contributed by atoms with E-state index in [0.717, 1.165) is 31.7 Å². The predicted molar refractivity (Wildman–Crippen MR) is 116 cm³/mol. The van der Waals surface area contributed by atoms with Crippen molar-refractivity contribution in [1.29, 1.82) is 0 Å². The van der Waals surface area contributed by atoms with Crippen LogP contribution in [0.4, 0.5) is 0 Å². The van der Waals surface area contributed by atoms with Crippen LogP contribution in [0, 0.1) is 5.92 Å². The van der Waals surface area contributed by atoms with Gasteiger partial charge in [0.05, 0.1) is 0 Å². The van der Waals surface area contributed by atoms with Gasteiger partial charge in [-0.1, -0.05) is 37.5 Å². The number of para-hydroxylation sites is 2. The number of aliphatic hydroxyl groups is 1. The third kappa shape index (κ3) is 5.55. The Bertz CT molecular complexity index is 724. The lowest BCUT2D eigenvalue weighted by molar-refractivity contribution is -0.127. The van der Waals surface area contributed by atoms with Crippen molar-refractivity contribution in [2.45, 2.75) is 63.2 Å². The molecule has 1 aliphatic carbocycles. The lowest BCUT2D eigenvalue weighted by Crippen LogP contribution is -2.50. The molecule has 6 heteroatoms. The Kier molecular flexibility index (Phi) is 7.28. The van der Waals surface area contributed by atoms with Gasteiger partial charge in [0.25, 0.3) is 0 Å². The molecule has 1 amide bonds. The Labute approximate surface area is 179 Å². The van der Waals surface area contributed by atoms with E-state index < -0.39 is 6.10 Å². The number of carbonyl (C=O) groups excluding carboxylic acids is 1. The topological polar surface area (TPSA) is 71.0 Å². The molecule has 2 aliphatic heterocycles. The first-order valence-electron chi connectivity index (χ1n) is 11.5. The predicted octanol–water partition coefficient (Wildman–Crippen LogP) is 2.90. The minimum absolute atomic E-state index is 0.144. The molecule has 1 aromatic carbocycles. The zero-order valence-corrected chi connectivity index (χ0v) is 17.7. The van der Waals surface area contributed by atoms with E-state index in [4.69, 9.17) is 9.47 Å². The SMILES string of the molecule is O=C(C=CC1CCCCC1)N1CCC(NCC(O)C2COc3ccccc3O2)CC1. The molecule has 164 valence electrons. The summed E-state index contributed by atoms with van der Waals surface area (Å²) >= 11 is 0. The van der Waals surface area contributed by atoms with Gasteiger partial charge >= 0.3 is 0 Å². The molecule has 30 heavy (non-hydrogen) atoms. The number of amides is 1. The van der Waals surface area contributed by atoms with Crippen molar-refractivity contribution in [2.24, 2.45) is 5.92 Å². The van der Waals surface area contributed by atoms with Gasteiger partial charge in [0.1, 0.15) is 12.7 Å². The Morgan fingerprint density at radius 2 is 1.87 bits per heavy atom. The summed E-state index contributed by atoms with van der Waals surface area (Å²) in [6.45, 7) is 2.33. The van der Waals surface area contributed by atoms with Crippen LogP contribution >= 0.6 is 0 Å². The maximum absolute atomic E-state index is 12.5. The summed E-state index contributed by atoms with van der Waals surface area (Å²) in [5.41, 5.74) is 0. The van der Waals surface area contributed by atoms with Crippen molar-refractivity contribution < 1.29 is 19.4 Å². The van der Waals surface area contributed by atoms with E-state index in [0.29, 0.717) is 30.9 Å². The number of likely N-dealkylation sites (tertiary alicyclic amines) is 1. The summed E-state index contributed by atoms with van der Waals surface area (Å²) in [6, 6.07) is 7.84. The second-order valence-electron chi connectivity index (χ2n) is 8.75. The maximum Gasteiger partial charge on any atom is 0.246 e. The van der Waals surface area contributed by atoms with Crippen LogP contribution < -0.4 is 14.8 Å². The van der Waals surface area contributed by atoms with Crippen LogP contribution in [0.15, 0.2) is 36.4 Å². The number of hydrogen-bond donors (Lipinski definition) is 2. The number of carbonyl (C=O) groups is 1. The lowest BCUT2D eigenvalue weighted by atomic mass is 9.89. The number of allylic oxidation sites excluding steroid dienone is 1. The molecule has 2 unspecified atom stereocenters. The summed E-state index contributed by atoms with van der Waals surface area (Å²) in [7, 11) is 0. The van der Waals surface area contributed by atoms with Crippen molar-refractivity contribution in [1.82, 2.24) is 10.2 Å². The summed E-state index contributed by atoms with van der Waals surface area (Å²) in [4.78, 5) is 14.4. The lowest BCUT2D eigenvalue weighted by Gasteiger charge is -2.34. The van der Waals surface area contributed by atoms with Gasteiger partial charge in [0.15, 0.2) is 17.6 Å². The average molecular weight is 415 g/mol. The molecule has 2 heterocycles.